The van der Waals surface area contributed by atoms with Crippen molar-refractivity contribution in [2.24, 2.45) is 5.16 Å². The van der Waals surface area contributed by atoms with Crippen LogP contribution in [0.4, 0.5) is 30.7 Å². The molecule has 1 aliphatic heterocycles. The summed E-state index contributed by atoms with van der Waals surface area (Å²) >= 11 is 5.47. The summed E-state index contributed by atoms with van der Waals surface area (Å²) in [6.07, 6.45) is -11.6. The topological polar surface area (TPSA) is 47.9 Å². The lowest BCUT2D eigenvalue weighted by Gasteiger charge is -2.30. The SMILES string of the molecule is COC(=O)c1ccc(C2=NO[C@@](c3cc(C(F)(F)F)cc(Cl)c3F)(C(F)(F)F)C2)cc1C. The highest BCUT2D eigenvalue weighted by Crippen LogP contribution is 2.51. The summed E-state index contributed by atoms with van der Waals surface area (Å²) < 4.78 is 101. The van der Waals surface area contributed by atoms with Crippen LogP contribution < -0.4 is 0 Å². The summed E-state index contributed by atoms with van der Waals surface area (Å²) in [4.78, 5) is 16.3. The molecule has 1 heterocycles. The van der Waals surface area contributed by atoms with Crippen molar-refractivity contribution >= 4 is 23.3 Å². The van der Waals surface area contributed by atoms with Crippen LogP contribution in [-0.2, 0) is 21.4 Å². The number of hydrogen-bond acceptors (Lipinski definition) is 4. The molecule has 2 aromatic rings. The normalized spacial score (nSPS) is 18.9. The zero-order chi connectivity index (χ0) is 24.1. The number of alkyl halides is 6. The molecule has 32 heavy (non-hydrogen) atoms. The van der Waals surface area contributed by atoms with E-state index < -0.39 is 52.3 Å². The zero-order valence-corrected chi connectivity index (χ0v) is 17.0. The largest absolute Gasteiger partial charge is 0.465 e. The lowest BCUT2D eigenvalue weighted by Crippen LogP contribution is -2.43. The molecule has 0 saturated carbocycles. The quantitative estimate of drug-likeness (QED) is 0.387. The van der Waals surface area contributed by atoms with E-state index in [4.69, 9.17) is 11.6 Å². The van der Waals surface area contributed by atoms with Gasteiger partial charge < -0.3 is 9.57 Å². The number of nitrogens with zero attached hydrogens (tertiary/aromatic N) is 1. The Kier molecular flexibility index (Phi) is 5.92. The Morgan fingerprint density at radius 3 is 2.34 bits per heavy atom. The van der Waals surface area contributed by atoms with Crippen molar-refractivity contribution in [3.8, 4) is 0 Å². The van der Waals surface area contributed by atoms with Gasteiger partial charge in [0.15, 0.2) is 0 Å². The maximum Gasteiger partial charge on any atom is 0.435 e. The highest BCUT2D eigenvalue weighted by atomic mass is 35.5. The van der Waals surface area contributed by atoms with Crippen molar-refractivity contribution in [3.63, 3.8) is 0 Å². The van der Waals surface area contributed by atoms with Crippen molar-refractivity contribution in [3.05, 3.63) is 69.0 Å². The molecule has 0 amide bonds. The van der Waals surface area contributed by atoms with Gasteiger partial charge in [-0.25, -0.2) is 9.18 Å². The molecule has 0 saturated heterocycles. The van der Waals surface area contributed by atoms with Crippen molar-refractivity contribution in [2.45, 2.75) is 31.3 Å². The zero-order valence-electron chi connectivity index (χ0n) is 16.3. The van der Waals surface area contributed by atoms with Crippen molar-refractivity contribution in [2.75, 3.05) is 7.11 Å². The van der Waals surface area contributed by atoms with Crippen LogP contribution in [0.25, 0.3) is 0 Å². The molecule has 0 N–H and O–H groups in total. The second kappa shape index (κ2) is 7.95. The smallest absolute Gasteiger partial charge is 0.435 e. The van der Waals surface area contributed by atoms with E-state index in [1.54, 1.807) is 0 Å². The number of benzene rings is 2. The first-order chi connectivity index (χ1) is 14.7. The highest BCUT2D eigenvalue weighted by Gasteiger charge is 2.64. The van der Waals surface area contributed by atoms with Gasteiger partial charge in [-0.05, 0) is 42.3 Å². The predicted molar refractivity (Wildman–Crippen MR) is 98.9 cm³/mol. The van der Waals surface area contributed by atoms with E-state index in [9.17, 15) is 35.5 Å². The van der Waals surface area contributed by atoms with Gasteiger partial charge >= 0.3 is 18.3 Å². The molecule has 0 bridgehead atoms. The first-order valence-electron chi connectivity index (χ1n) is 8.79. The molecule has 0 fully saturated rings. The van der Waals surface area contributed by atoms with E-state index in [-0.39, 0.29) is 29.0 Å². The predicted octanol–water partition coefficient (Wildman–Crippen LogP) is 6.18. The molecular formula is C20H13ClF7NO3. The van der Waals surface area contributed by atoms with Gasteiger partial charge in [0.2, 0.25) is 0 Å². The molecule has 0 unspecified atom stereocenters. The molecule has 12 heteroatoms. The molecule has 0 spiro atoms. The van der Waals surface area contributed by atoms with Gasteiger partial charge in [-0.2, -0.15) is 26.3 Å². The van der Waals surface area contributed by atoms with E-state index >= 15 is 0 Å². The first-order valence-corrected chi connectivity index (χ1v) is 9.17. The van der Waals surface area contributed by atoms with Gasteiger partial charge in [-0.1, -0.05) is 22.8 Å². The standard InChI is InChI=1S/C20H13ClF7NO3/c1-9-5-10(3-4-12(9)17(30)31-2)15-8-18(32-29-15,20(26,27)28)13-6-11(19(23,24)25)7-14(21)16(13)22/h3-7H,8H2,1-2H3/t18-/m0/s1. The number of oxime groups is 1. The number of halogens is 8. The van der Waals surface area contributed by atoms with Gasteiger partial charge in [-0.3, -0.25) is 0 Å². The van der Waals surface area contributed by atoms with Gasteiger partial charge in [0, 0.05) is 5.56 Å². The molecular weight excluding hydrogens is 471 g/mol. The van der Waals surface area contributed by atoms with Crippen LogP contribution in [0.2, 0.25) is 5.02 Å². The van der Waals surface area contributed by atoms with Crippen LogP contribution in [0.3, 0.4) is 0 Å². The number of aryl methyl sites for hydroxylation is 1. The van der Waals surface area contributed by atoms with E-state index in [1.807, 2.05) is 0 Å². The number of ether oxygens (including phenoxy) is 1. The average Bonchev–Trinajstić information content (AvgIpc) is 3.15. The van der Waals surface area contributed by atoms with Crippen molar-refractivity contribution in [1.29, 1.82) is 0 Å². The summed E-state index contributed by atoms with van der Waals surface area (Å²) in [5.74, 6) is -2.38. The molecule has 172 valence electrons. The van der Waals surface area contributed by atoms with Crippen LogP contribution in [0.1, 0.15) is 39.0 Å². The lowest BCUT2D eigenvalue weighted by molar-refractivity contribution is -0.276. The average molecular weight is 484 g/mol. The van der Waals surface area contributed by atoms with Gasteiger partial charge in [0.1, 0.15) is 5.82 Å². The van der Waals surface area contributed by atoms with Gasteiger partial charge in [0.25, 0.3) is 5.60 Å². The van der Waals surface area contributed by atoms with Crippen molar-refractivity contribution < 1.29 is 45.1 Å². The number of esters is 1. The Morgan fingerprint density at radius 2 is 1.81 bits per heavy atom. The number of carbonyl (C=O) groups excluding carboxylic acids is 1. The van der Waals surface area contributed by atoms with Crippen LogP contribution in [0.15, 0.2) is 35.5 Å². The van der Waals surface area contributed by atoms with E-state index in [0.29, 0.717) is 5.56 Å². The third kappa shape index (κ3) is 4.01. The van der Waals surface area contributed by atoms with Crippen LogP contribution in [0.5, 0.6) is 0 Å². The number of carbonyl (C=O) groups is 1. The minimum absolute atomic E-state index is 0.0127. The molecule has 3 rings (SSSR count). The third-order valence-corrected chi connectivity index (χ3v) is 5.22. The highest BCUT2D eigenvalue weighted by molar-refractivity contribution is 6.30. The second-order valence-electron chi connectivity index (χ2n) is 6.97. The monoisotopic (exact) mass is 483 g/mol. The summed E-state index contributed by atoms with van der Waals surface area (Å²) in [6, 6.07) is 4.09. The van der Waals surface area contributed by atoms with E-state index in [0.717, 1.165) is 7.11 Å². The van der Waals surface area contributed by atoms with Crippen LogP contribution >= 0.6 is 11.6 Å². The molecule has 1 atom stereocenters. The van der Waals surface area contributed by atoms with Crippen molar-refractivity contribution in [1.82, 2.24) is 0 Å². The number of methoxy groups -OCH3 is 1. The fourth-order valence-corrected chi connectivity index (χ4v) is 3.49. The van der Waals surface area contributed by atoms with E-state index in [1.165, 1.54) is 25.1 Å². The van der Waals surface area contributed by atoms with E-state index in [2.05, 4.69) is 14.7 Å². The summed E-state index contributed by atoms with van der Waals surface area (Å²) in [6.45, 7) is 1.50. The molecule has 2 aromatic carbocycles. The summed E-state index contributed by atoms with van der Waals surface area (Å²) in [7, 11) is 1.15. The number of hydrogen-bond donors (Lipinski definition) is 0. The lowest BCUT2D eigenvalue weighted by atomic mass is 9.85. The molecule has 0 aliphatic carbocycles. The molecule has 1 aliphatic rings. The van der Waals surface area contributed by atoms with Gasteiger partial charge in [-0.15, -0.1) is 0 Å². The Labute approximate surface area is 181 Å². The van der Waals surface area contributed by atoms with Gasteiger partial charge in [0.05, 0.1) is 35.4 Å². The molecule has 0 radical (unpaired) electrons. The Bertz CT molecular complexity index is 1110. The Hall–Kier alpha value is -2.82. The third-order valence-electron chi connectivity index (χ3n) is 4.94. The fraction of sp³-hybridized carbons (Fsp3) is 0.300. The maximum absolute atomic E-state index is 14.6. The minimum Gasteiger partial charge on any atom is -0.465 e. The molecule has 4 nitrogen and oxygen atoms in total. The Balaban J connectivity index is 2.10. The van der Waals surface area contributed by atoms with Crippen LogP contribution in [-0.4, -0.2) is 25.0 Å². The van der Waals surface area contributed by atoms with Crippen LogP contribution in [0, 0.1) is 12.7 Å². The summed E-state index contributed by atoms with van der Waals surface area (Å²) in [5.41, 5.74) is -6.27. The Morgan fingerprint density at radius 1 is 1.16 bits per heavy atom. The molecule has 0 aromatic heterocycles. The first kappa shape index (κ1) is 23.8. The maximum atomic E-state index is 14.6. The summed E-state index contributed by atoms with van der Waals surface area (Å²) in [5, 5.41) is 2.25. The fourth-order valence-electron chi connectivity index (χ4n) is 3.27. The minimum atomic E-state index is -5.35. The second-order valence-corrected chi connectivity index (χ2v) is 7.38. The number of rotatable bonds is 3.